The van der Waals surface area contributed by atoms with Crippen LogP contribution in [0, 0.1) is 5.41 Å². The summed E-state index contributed by atoms with van der Waals surface area (Å²) in [5.74, 6) is 0. The van der Waals surface area contributed by atoms with Gasteiger partial charge in [-0.1, -0.05) is 12.5 Å². The minimum atomic E-state index is 0.659. The van der Waals surface area contributed by atoms with Crippen LogP contribution in [0.2, 0.25) is 0 Å². The van der Waals surface area contributed by atoms with E-state index < -0.39 is 0 Å². The van der Waals surface area contributed by atoms with Crippen molar-refractivity contribution in [3.8, 4) is 0 Å². The van der Waals surface area contributed by atoms with Crippen molar-refractivity contribution in [2.75, 3.05) is 6.54 Å². The highest BCUT2D eigenvalue weighted by Crippen LogP contribution is 2.44. The first-order valence-electron chi connectivity index (χ1n) is 6.62. The van der Waals surface area contributed by atoms with Crippen molar-refractivity contribution >= 4 is 11.3 Å². The molecule has 1 nitrogen and oxygen atoms in total. The average molecular weight is 235 g/mol. The van der Waals surface area contributed by atoms with E-state index in [1.54, 1.807) is 4.88 Å². The van der Waals surface area contributed by atoms with E-state index in [1.807, 2.05) is 11.3 Å². The van der Waals surface area contributed by atoms with E-state index in [2.05, 4.69) is 22.8 Å². The van der Waals surface area contributed by atoms with Crippen LogP contribution in [0.4, 0.5) is 0 Å². The number of nitrogens with one attached hydrogen (secondary N) is 1. The van der Waals surface area contributed by atoms with Crippen LogP contribution in [0.5, 0.6) is 0 Å². The Morgan fingerprint density at radius 2 is 2.25 bits per heavy atom. The fraction of sp³-hybridized carbons (Fsp3) is 0.714. The lowest BCUT2D eigenvalue weighted by Crippen LogP contribution is -2.41. The first-order chi connectivity index (χ1) is 7.86. The standard InChI is InChI=1S/C14H21NS/c1-3-13(16-10-1)6-9-14(7-2-8-14)11-15-12-4-5-12/h1,3,10,12,15H,2,4-9,11H2. The number of aryl methyl sites for hydroxylation is 1. The summed E-state index contributed by atoms with van der Waals surface area (Å²) in [6.07, 6.45) is 9.90. The van der Waals surface area contributed by atoms with Crippen LogP contribution in [-0.4, -0.2) is 12.6 Å². The monoisotopic (exact) mass is 235 g/mol. The maximum atomic E-state index is 3.73. The first kappa shape index (κ1) is 10.8. The molecule has 16 heavy (non-hydrogen) atoms. The van der Waals surface area contributed by atoms with E-state index in [1.165, 1.54) is 51.5 Å². The van der Waals surface area contributed by atoms with Gasteiger partial charge in [0.15, 0.2) is 0 Å². The van der Waals surface area contributed by atoms with Gasteiger partial charge in [-0.15, -0.1) is 11.3 Å². The molecule has 1 aromatic rings. The molecule has 1 aromatic heterocycles. The highest BCUT2D eigenvalue weighted by molar-refractivity contribution is 7.09. The van der Waals surface area contributed by atoms with Gasteiger partial charge in [0, 0.05) is 17.5 Å². The third-order valence-electron chi connectivity index (χ3n) is 4.24. The Bertz CT molecular complexity index is 323. The van der Waals surface area contributed by atoms with E-state index >= 15 is 0 Å². The zero-order chi connectivity index (χ0) is 10.8. The molecule has 0 saturated heterocycles. The lowest BCUT2D eigenvalue weighted by atomic mass is 9.66. The van der Waals surface area contributed by atoms with Crippen molar-refractivity contribution in [2.45, 2.75) is 51.0 Å². The van der Waals surface area contributed by atoms with Gasteiger partial charge in [0.1, 0.15) is 0 Å². The van der Waals surface area contributed by atoms with Crippen molar-refractivity contribution in [3.05, 3.63) is 22.4 Å². The Morgan fingerprint density at radius 3 is 2.81 bits per heavy atom. The van der Waals surface area contributed by atoms with Crippen molar-refractivity contribution in [2.24, 2.45) is 5.41 Å². The summed E-state index contributed by atoms with van der Waals surface area (Å²) in [6.45, 7) is 1.28. The number of hydrogen-bond acceptors (Lipinski definition) is 2. The quantitative estimate of drug-likeness (QED) is 0.794. The lowest BCUT2D eigenvalue weighted by Gasteiger charge is -2.42. The zero-order valence-corrected chi connectivity index (χ0v) is 10.7. The lowest BCUT2D eigenvalue weighted by molar-refractivity contribution is 0.117. The van der Waals surface area contributed by atoms with Crippen LogP contribution in [0.3, 0.4) is 0 Å². The number of rotatable bonds is 6. The molecule has 2 fully saturated rings. The maximum Gasteiger partial charge on any atom is 0.00684 e. The van der Waals surface area contributed by atoms with Crippen LogP contribution < -0.4 is 5.32 Å². The molecule has 0 unspecified atom stereocenters. The second-order valence-corrected chi connectivity index (χ2v) is 6.62. The Morgan fingerprint density at radius 1 is 1.38 bits per heavy atom. The van der Waals surface area contributed by atoms with Crippen LogP contribution >= 0.6 is 11.3 Å². The Labute approximate surface area is 102 Å². The maximum absolute atomic E-state index is 3.73. The molecule has 0 bridgehead atoms. The first-order valence-corrected chi connectivity index (χ1v) is 7.50. The average Bonchev–Trinajstić information content (AvgIpc) is 2.91. The molecule has 3 rings (SSSR count). The molecular weight excluding hydrogens is 214 g/mol. The minimum absolute atomic E-state index is 0.659. The summed E-state index contributed by atoms with van der Waals surface area (Å²) in [7, 11) is 0. The van der Waals surface area contributed by atoms with E-state index in [0.29, 0.717) is 5.41 Å². The summed E-state index contributed by atoms with van der Waals surface area (Å²) in [6, 6.07) is 5.33. The fourth-order valence-electron chi connectivity index (χ4n) is 2.68. The van der Waals surface area contributed by atoms with Gasteiger partial charge >= 0.3 is 0 Å². The Hall–Kier alpha value is -0.340. The smallest absolute Gasteiger partial charge is 0.00684 e. The summed E-state index contributed by atoms with van der Waals surface area (Å²) in [5, 5.41) is 5.93. The third-order valence-corrected chi connectivity index (χ3v) is 5.18. The molecule has 2 aliphatic carbocycles. The molecule has 88 valence electrons. The third kappa shape index (κ3) is 2.49. The Kier molecular flexibility index (Phi) is 3.03. The molecule has 2 aliphatic rings. The number of hydrogen-bond donors (Lipinski definition) is 1. The molecule has 0 amide bonds. The fourth-order valence-corrected chi connectivity index (χ4v) is 3.39. The molecule has 1 heterocycles. The van der Waals surface area contributed by atoms with E-state index in [-0.39, 0.29) is 0 Å². The summed E-state index contributed by atoms with van der Waals surface area (Å²) in [5.41, 5.74) is 0.659. The number of thiophene rings is 1. The highest BCUT2D eigenvalue weighted by atomic mass is 32.1. The predicted molar refractivity (Wildman–Crippen MR) is 69.9 cm³/mol. The highest BCUT2D eigenvalue weighted by Gasteiger charge is 2.37. The van der Waals surface area contributed by atoms with Crippen molar-refractivity contribution in [3.63, 3.8) is 0 Å². The van der Waals surface area contributed by atoms with Crippen LogP contribution in [0.25, 0.3) is 0 Å². The van der Waals surface area contributed by atoms with Gasteiger partial charge in [0.05, 0.1) is 0 Å². The molecule has 0 aliphatic heterocycles. The SMILES string of the molecule is c1csc(CCC2(CNC3CC3)CCC2)c1. The van der Waals surface area contributed by atoms with Crippen LogP contribution in [0.1, 0.15) is 43.4 Å². The second kappa shape index (κ2) is 4.50. The molecule has 2 heteroatoms. The molecule has 1 N–H and O–H groups in total. The van der Waals surface area contributed by atoms with Gasteiger partial charge in [0.2, 0.25) is 0 Å². The van der Waals surface area contributed by atoms with Crippen molar-refractivity contribution in [1.82, 2.24) is 5.32 Å². The summed E-state index contributed by atoms with van der Waals surface area (Å²) < 4.78 is 0. The Balaban J connectivity index is 1.49. The predicted octanol–water partition coefficient (Wildman–Crippen LogP) is 3.60. The van der Waals surface area contributed by atoms with Gasteiger partial charge in [0.25, 0.3) is 0 Å². The van der Waals surface area contributed by atoms with E-state index in [9.17, 15) is 0 Å². The molecule has 2 saturated carbocycles. The van der Waals surface area contributed by atoms with Gasteiger partial charge in [-0.3, -0.25) is 0 Å². The van der Waals surface area contributed by atoms with Crippen LogP contribution in [-0.2, 0) is 6.42 Å². The second-order valence-electron chi connectivity index (χ2n) is 5.59. The topological polar surface area (TPSA) is 12.0 Å². The summed E-state index contributed by atoms with van der Waals surface area (Å²) >= 11 is 1.91. The summed E-state index contributed by atoms with van der Waals surface area (Å²) in [4.78, 5) is 1.57. The molecular formula is C14H21NS. The van der Waals surface area contributed by atoms with E-state index in [0.717, 1.165) is 6.04 Å². The van der Waals surface area contributed by atoms with Gasteiger partial charge < -0.3 is 5.32 Å². The largest absolute Gasteiger partial charge is 0.313 e. The zero-order valence-electron chi connectivity index (χ0n) is 9.87. The van der Waals surface area contributed by atoms with Crippen molar-refractivity contribution < 1.29 is 0 Å². The van der Waals surface area contributed by atoms with Crippen molar-refractivity contribution in [1.29, 1.82) is 0 Å². The minimum Gasteiger partial charge on any atom is -0.313 e. The molecule has 0 atom stereocenters. The van der Waals surface area contributed by atoms with Gasteiger partial charge in [-0.25, -0.2) is 0 Å². The normalized spacial score (nSPS) is 23.0. The molecule has 0 radical (unpaired) electrons. The van der Waals surface area contributed by atoms with Gasteiger partial charge in [-0.2, -0.15) is 0 Å². The van der Waals surface area contributed by atoms with Crippen LogP contribution in [0.15, 0.2) is 17.5 Å². The molecule has 0 aromatic carbocycles. The van der Waals surface area contributed by atoms with E-state index in [4.69, 9.17) is 0 Å². The van der Waals surface area contributed by atoms with Gasteiger partial charge in [-0.05, 0) is 55.4 Å². The molecule has 0 spiro atoms.